The lowest BCUT2D eigenvalue weighted by Crippen LogP contribution is -2.48. The number of nitrogens with zero attached hydrogens (tertiary/aromatic N) is 1. The van der Waals surface area contributed by atoms with Crippen molar-refractivity contribution in [1.29, 1.82) is 0 Å². The average Bonchev–Trinajstić information content (AvgIpc) is 2.85. The van der Waals surface area contributed by atoms with Gasteiger partial charge in [0.05, 0.1) is 32.6 Å². The normalized spacial score (nSPS) is 18.5. The molecule has 0 unspecified atom stereocenters. The minimum absolute atomic E-state index is 0.0586. The Morgan fingerprint density at radius 3 is 2.00 bits per heavy atom. The molecule has 0 aliphatic carbocycles. The second-order valence-electron chi connectivity index (χ2n) is 7.36. The van der Waals surface area contributed by atoms with Crippen LogP contribution in [0.5, 0.6) is 0 Å². The van der Waals surface area contributed by atoms with E-state index < -0.39 is 0 Å². The highest BCUT2D eigenvalue weighted by Gasteiger charge is 2.32. The first-order chi connectivity index (χ1) is 11.7. The van der Waals surface area contributed by atoms with Crippen molar-refractivity contribution in [2.75, 3.05) is 26.7 Å². The molecular formula is C22H28NO+. The van der Waals surface area contributed by atoms with Crippen LogP contribution >= 0.6 is 0 Å². The molecule has 0 radical (unpaired) electrons. The molecule has 24 heavy (non-hydrogen) atoms. The van der Waals surface area contributed by atoms with Crippen molar-refractivity contribution < 1.29 is 9.28 Å². The number of carbonyl (C=O) groups excluding carboxylic acids is 1. The second-order valence-corrected chi connectivity index (χ2v) is 7.36. The molecule has 3 rings (SSSR count). The molecule has 0 spiro atoms. The zero-order valence-electron chi connectivity index (χ0n) is 14.7. The fourth-order valence-electron chi connectivity index (χ4n) is 3.90. The first kappa shape index (κ1) is 16.9. The van der Waals surface area contributed by atoms with Crippen LogP contribution in [0, 0.1) is 0 Å². The SMILES string of the molecule is C[N+]1(C[C@@H](C(=O)c2ccccc2)c2ccccc2)CCCCCC1. The molecule has 1 aliphatic heterocycles. The number of likely N-dealkylation sites (N-methyl/N-ethyl adjacent to an activating group) is 1. The van der Waals surface area contributed by atoms with Gasteiger partial charge in [0.25, 0.3) is 0 Å². The molecule has 1 heterocycles. The summed E-state index contributed by atoms with van der Waals surface area (Å²) in [5.41, 5.74) is 1.97. The molecule has 0 saturated carbocycles. The van der Waals surface area contributed by atoms with E-state index in [1.54, 1.807) is 0 Å². The van der Waals surface area contributed by atoms with E-state index in [-0.39, 0.29) is 11.7 Å². The molecule has 1 saturated heterocycles. The number of benzene rings is 2. The van der Waals surface area contributed by atoms with Crippen molar-refractivity contribution >= 4 is 5.78 Å². The quantitative estimate of drug-likeness (QED) is 0.577. The Hall–Kier alpha value is -1.93. The predicted molar refractivity (Wildman–Crippen MR) is 99.2 cm³/mol. The molecule has 2 nitrogen and oxygen atoms in total. The molecule has 2 aromatic rings. The topological polar surface area (TPSA) is 17.1 Å². The molecule has 0 amide bonds. The van der Waals surface area contributed by atoms with Crippen molar-refractivity contribution in [3.63, 3.8) is 0 Å². The number of ketones is 1. The van der Waals surface area contributed by atoms with Gasteiger partial charge in [-0.1, -0.05) is 60.7 Å². The van der Waals surface area contributed by atoms with Crippen molar-refractivity contribution in [3.05, 3.63) is 71.8 Å². The minimum Gasteiger partial charge on any atom is -0.325 e. The summed E-state index contributed by atoms with van der Waals surface area (Å²) < 4.78 is 1.01. The summed E-state index contributed by atoms with van der Waals surface area (Å²) in [6.07, 6.45) is 5.21. The number of rotatable bonds is 5. The van der Waals surface area contributed by atoms with Gasteiger partial charge in [-0.15, -0.1) is 0 Å². The summed E-state index contributed by atoms with van der Waals surface area (Å²) in [5, 5.41) is 0. The van der Waals surface area contributed by atoms with E-state index in [1.807, 2.05) is 48.5 Å². The maximum atomic E-state index is 13.2. The third-order valence-corrected chi connectivity index (χ3v) is 5.35. The highest BCUT2D eigenvalue weighted by Crippen LogP contribution is 2.27. The van der Waals surface area contributed by atoms with Crippen molar-refractivity contribution in [3.8, 4) is 0 Å². The largest absolute Gasteiger partial charge is 0.325 e. The smallest absolute Gasteiger partial charge is 0.175 e. The van der Waals surface area contributed by atoms with Crippen LogP contribution in [0.25, 0.3) is 0 Å². The van der Waals surface area contributed by atoms with Crippen LogP contribution in [0.15, 0.2) is 60.7 Å². The maximum Gasteiger partial charge on any atom is 0.175 e. The third kappa shape index (κ3) is 4.12. The van der Waals surface area contributed by atoms with Gasteiger partial charge in [-0.2, -0.15) is 0 Å². The standard InChI is InChI=1S/C22H28NO/c1-23(16-10-2-3-11-17-23)18-21(19-12-6-4-7-13-19)22(24)20-14-8-5-9-15-20/h4-9,12-15,21H,2-3,10-11,16-18H2,1H3/q+1/t21-/m1/s1. The van der Waals surface area contributed by atoms with Gasteiger partial charge in [-0.25, -0.2) is 0 Å². The summed E-state index contributed by atoms with van der Waals surface area (Å²) in [6.45, 7) is 3.27. The Balaban J connectivity index is 1.89. The number of hydrogen-bond donors (Lipinski definition) is 0. The molecule has 0 aromatic heterocycles. The van der Waals surface area contributed by atoms with Gasteiger partial charge in [0.2, 0.25) is 0 Å². The highest BCUT2D eigenvalue weighted by molar-refractivity contribution is 6.01. The van der Waals surface area contributed by atoms with E-state index in [2.05, 4.69) is 19.2 Å². The molecular weight excluding hydrogens is 294 g/mol. The van der Waals surface area contributed by atoms with Crippen LogP contribution in [0.2, 0.25) is 0 Å². The van der Waals surface area contributed by atoms with Crippen LogP contribution in [0.1, 0.15) is 47.5 Å². The van der Waals surface area contributed by atoms with Crippen LogP contribution < -0.4 is 0 Å². The minimum atomic E-state index is -0.0586. The third-order valence-electron chi connectivity index (χ3n) is 5.35. The molecule has 2 aromatic carbocycles. The van der Waals surface area contributed by atoms with E-state index >= 15 is 0 Å². The van der Waals surface area contributed by atoms with Crippen LogP contribution in [-0.2, 0) is 0 Å². The maximum absolute atomic E-state index is 13.2. The summed E-state index contributed by atoms with van der Waals surface area (Å²) in [4.78, 5) is 13.2. The fourth-order valence-corrected chi connectivity index (χ4v) is 3.90. The fraction of sp³-hybridized carbons (Fsp3) is 0.409. The summed E-state index contributed by atoms with van der Waals surface area (Å²) >= 11 is 0. The van der Waals surface area contributed by atoms with Crippen LogP contribution in [0.3, 0.4) is 0 Å². The molecule has 0 N–H and O–H groups in total. The second kappa shape index (κ2) is 7.76. The van der Waals surface area contributed by atoms with Gasteiger partial charge in [0.15, 0.2) is 5.78 Å². The monoisotopic (exact) mass is 322 g/mol. The van der Waals surface area contributed by atoms with Gasteiger partial charge in [-0.3, -0.25) is 4.79 Å². The van der Waals surface area contributed by atoms with Gasteiger partial charge < -0.3 is 4.48 Å². The number of likely N-dealkylation sites (tertiary alicyclic amines) is 1. The van der Waals surface area contributed by atoms with E-state index in [0.717, 1.165) is 22.2 Å². The molecule has 1 fully saturated rings. The molecule has 0 bridgehead atoms. The summed E-state index contributed by atoms with van der Waals surface area (Å²) in [5.74, 6) is 0.196. The molecule has 1 atom stereocenters. The number of quaternary nitrogens is 1. The lowest BCUT2D eigenvalue weighted by atomic mass is 9.89. The van der Waals surface area contributed by atoms with Gasteiger partial charge >= 0.3 is 0 Å². The summed E-state index contributed by atoms with van der Waals surface area (Å²) in [7, 11) is 2.33. The Kier molecular flexibility index (Phi) is 5.47. The first-order valence-electron chi connectivity index (χ1n) is 9.16. The summed E-state index contributed by atoms with van der Waals surface area (Å²) in [6, 6.07) is 20.1. The van der Waals surface area contributed by atoms with E-state index in [4.69, 9.17) is 0 Å². The molecule has 2 heteroatoms. The zero-order valence-corrected chi connectivity index (χ0v) is 14.7. The van der Waals surface area contributed by atoms with E-state index in [9.17, 15) is 4.79 Å². The van der Waals surface area contributed by atoms with E-state index in [0.29, 0.717) is 0 Å². The lowest BCUT2D eigenvalue weighted by molar-refractivity contribution is -0.909. The van der Waals surface area contributed by atoms with E-state index in [1.165, 1.54) is 38.8 Å². The highest BCUT2D eigenvalue weighted by atomic mass is 16.1. The molecule has 1 aliphatic rings. The average molecular weight is 322 g/mol. The van der Waals surface area contributed by atoms with Crippen molar-refractivity contribution in [1.82, 2.24) is 0 Å². The van der Waals surface area contributed by atoms with Gasteiger partial charge in [-0.05, 0) is 31.2 Å². The number of hydrogen-bond acceptors (Lipinski definition) is 1. The Labute approximate surface area is 145 Å². The van der Waals surface area contributed by atoms with Crippen molar-refractivity contribution in [2.24, 2.45) is 0 Å². The van der Waals surface area contributed by atoms with Gasteiger partial charge in [0.1, 0.15) is 0 Å². The Bertz CT molecular complexity index is 642. The molecule has 126 valence electrons. The zero-order chi connectivity index (χ0) is 16.8. The first-order valence-corrected chi connectivity index (χ1v) is 9.16. The Morgan fingerprint density at radius 2 is 1.42 bits per heavy atom. The van der Waals surface area contributed by atoms with Crippen LogP contribution in [0.4, 0.5) is 0 Å². The van der Waals surface area contributed by atoms with Gasteiger partial charge in [0, 0.05) is 5.56 Å². The van der Waals surface area contributed by atoms with Crippen LogP contribution in [-0.4, -0.2) is 36.9 Å². The predicted octanol–water partition coefficient (Wildman–Crippen LogP) is 4.67. The number of carbonyl (C=O) groups is 1. The Morgan fingerprint density at radius 1 is 0.875 bits per heavy atom. The van der Waals surface area contributed by atoms with Crippen molar-refractivity contribution in [2.45, 2.75) is 31.6 Å². The number of Topliss-reactive ketones (excluding diaryl/α,β-unsaturated/α-hetero) is 1. The lowest BCUT2D eigenvalue weighted by Gasteiger charge is -2.36.